The number of rotatable bonds is 5. The minimum absolute atomic E-state index is 0.448. The fourth-order valence-electron chi connectivity index (χ4n) is 6.17. The van der Waals surface area contributed by atoms with Crippen LogP contribution in [-0.4, -0.2) is 51.4 Å². The molecule has 2 aromatic carbocycles. The second-order valence-electron chi connectivity index (χ2n) is 10.3. The number of halogens is 1. The number of ether oxygens (including phenoxy) is 1. The number of benzene rings is 2. The molecular weight excluding hydrogens is 440 g/mol. The van der Waals surface area contributed by atoms with Crippen LogP contribution in [0.1, 0.15) is 72.8 Å². The largest absolute Gasteiger partial charge is 0.394 e. The van der Waals surface area contributed by atoms with Gasteiger partial charge in [-0.05, 0) is 71.8 Å². The van der Waals surface area contributed by atoms with Crippen LogP contribution in [0.15, 0.2) is 42.5 Å². The SMILES string of the molecule is OCC1OC(c2ccc(Cl)c(Cc3ccc(C4CC5(CCCC5)C4)cc3)c2)C(O)C(O)C1O. The van der Waals surface area contributed by atoms with Crippen molar-refractivity contribution >= 4 is 11.6 Å². The Hall–Kier alpha value is -1.47. The summed E-state index contributed by atoms with van der Waals surface area (Å²) in [6, 6.07) is 14.2. The van der Waals surface area contributed by atoms with Gasteiger partial charge >= 0.3 is 0 Å². The molecule has 5 rings (SSSR count). The predicted molar refractivity (Wildman–Crippen MR) is 126 cm³/mol. The van der Waals surface area contributed by atoms with E-state index in [-0.39, 0.29) is 0 Å². The summed E-state index contributed by atoms with van der Waals surface area (Å²) in [5.41, 5.74) is 4.77. The van der Waals surface area contributed by atoms with Crippen LogP contribution in [0.2, 0.25) is 5.02 Å². The summed E-state index contributed by atoms with van der Waals surface area (Å²) < 4.78 is 5.71. The van der Waals surface area contributed by atoms with Gasteiger partial charge in [-0.3, -0.25) is 0 Å². The average Bonchev–Trinajstić information content (AvgIpc) is 3.30. The molecule has 1 heterocycles. The van der Waals surface area contributed by atoms with Crippen LogP contribution in [0.25, 0.3) is 0 Å². The monoisotopic (exact) mass is 472 g/mol. The van der Waals surface area contributed by atoms with Crippen molar-refractivity contribution in [3.63, 3.8) is 0 Å². The Morgan fingerprint density at radius 1 is 0.879 bits per heavy atom. The first kappa shape index (κ1) is 23.3. The maximum absolute atomic E-state index is 10.5. The zero-order valence-electron chi connectivity index (χ0n) is 18.7. The maximum Gasteiger partial charge on any atom is 0.113 e. The molecule has 2 aliphatic carbocycles. The first-order chi connectivity index (χ1) is 15.9. The fraction of sp³-hybridized carbons (Fsp3) is 0.556. The van der Waals surface area contributed by atoms with Crippen LogP contribution in [0, 0.1) is 5.41 Å². The predicted octanol–water partition coefficient (Wildman–Crippen LogP) is 3.88. The number of aliphatic hydroxyl groups excluding tert-OH is 4. The molecule has 33 heavy (non-hydrogen) atoms. The normalized spacial score (nSPS) is 31.6. The van der Waals surface area contributed by atoms with Gasteiger partial charge in [-0.15, -0.1) is 0 Å². The molecule has 6 heteroatoms. The third kappa shape index (κ3) is 4.47. The number of hydrogen-bond donors (Lipinski definition) is 4. The van der Waals surface area contributed by atoms with Gasteiger partial charge in [0.1, 0.15) is 30.5 Å². The Kier molecular flexibility index (Phi) is 6.55. The van der Waals surface area contributed by atoms with Gasteiger partial charge in [-0.25, -0.2) is 0 Å². The van der Waals surface area contributed by atoms with Crippen molar-refractivity contribution in [3.8, 4) is 0 Å². The van der Waals surface area contributed by atoms with Crippen molar-refractivity contribution in [2.24, 2.45) is 5.41 Å². The lowest BCUT2D eigenvalue weighted by molar-refractivity contribution is -0.231. The van der Waals surface area contributed by atoms with E-state index in [1.807, 2.05) is 6.07 Å². The smallest absolute Gasteiger partial charge is 0.113 e. The highest BCUT2D eigenvalue weighted by Crippen LogP contribution is 2.59. The van der Waals surface area contributed by atoms with Gasteiger partial charge < -0.3 is 25.2 Å². The topological polar surface area (TPSA) is 90.2 Å². The van der Waals surface area contributed by atoms with E-state index in [9.17, 15) is 20.4 Å². The van der Waals surface area contributed by atoms with Crippen LogP contribution in [-0.2, 0) is 11.2 Å². The van der Waals surface area contributed by atoms with Gasteiger partial charge in [-0.1, -0.05) is 60.8 Å². The Balaban J connectivity index is 1.29. The molecule has 1 spiro atoms. The van der Waals surface area contributed by atoms with Crippen molar-refractivity contribution in [2.75, 3.05) is 6.61 Å². The van der Waals surface area contributed by atoms with Crippen LogP contribution in [0.3, 0.4) is 0 Å². The Bertz CT molecular complexity index is 961. The van der Waals surface area contributed by atoms with E-state index in [0.29, 0.717) is 28.3 Å². The summed E-state index contributed by atoms with van der Waals surface area (Å²) in [7, 11) is 0. The Morgan fingerprint density at radius 3 is 2.21 bits per heavy atom. The van der Waals surface area contributed by atoms with E-state index in [2.05, 4.69) is 24.3 Å². The van der Waals surface area contributed by atoms with E-state index in [4.69, 9.17) is 16.3 Å². The molecule has 0 bridgehead atoms. The van der Waals surface area contributed by atoms with E-state index in [0.717, 1.165) is 11.1 Å². The highest BCUT2D eigenvalue weighted by Gasteiger charge is 2.46. The van der Waals surface area contributed by atoms with Crippen molar-refractivity contribution in [2.45, 2.75) is 81.4 Å². The minimum Gasteiger partial charge on any atom is -0.394 e. The molecule has 178 valence electrons. The third-order valence-electron chi connectivity index (χ3n) is 8.16. The quantitative estimate of drug-likeness (QED) is 0.530. The van der Waals surface area contributed by atoms with E-state index < -0.39 is 37.1 Å². The molecule has 4 N–H and O–H groups in total. The van der Waals surface area contributed by atoms with Gasteiger partial charge in [0.15, 0.2) is 0 Å². The summed E-state index contributed by atoms with van der Waals surface area (Å²) in [4.78, 5) is 0. The zero-order valence-corrected chi connectivity index (χ0v) is 19.5. The first-order valence-electron chi connectivity index (χ1n) is 12.1. The minimum atomic E-state index is -1.40. The molecule has 2 aromatic rings. The van der Waals surface area contributed by atoms with E-state index in [1.54, 1.807) is 12.1 Å². The van der Waals surface area contributed by atoms with Crippen molar-refractivity contribution in [1.29, 1.82) is 0 Å². The van der Waals surface area contributed by atoms with Crippen molar-refractivity contribution in [1.82, 2.24) is 0 Å². The lowest BCUT2D eigenvalue weighted by Crippen LogP contribution is -2.55. The molecular formula is C27H33ClO5. The average molecular weight is 473 g/mol. The molecule has 2 saturated carbocycles. The zero-order chi connectivity index (χ0) is 23.2. The highest BCUT2D eigenvalue weighted by molar-refractivity contribution is 6.31. The third-order valence-corrected chi connectivity index (χ3v) is 8.53. The standard InChI is InChI=1S/C27H33ClO5/c28-21-8-7-18(26-25(32)24(31)23(30)22(15-29)33-26)12-19(21)11-16-3-5-17(6-4-16)20-13-27(14-20)9-1-2-10-27/h3-8,12,20,22-26,29-32H,1-2,9-11,13-15H2. The molecule has 5 unspecified atom stereocenters. The van der Waals surface area contributed by atoms with Gasteiger partial charge in [0.05, 0.1) is 6.61 Å². The summed E-state index contributed by atoms with van der Waals surface area (Å²) in [6.45, 7) is -0.448. The van der Waals surface area contributed by atoms with Crippen molar-refractivity contribution in [3.05, 3.63) is 69.7 Å². The molecule has 3 aliphatic rings. The summed E-state index contributed by atoms with van der Waals surface area (Å²) in [6.07, 6.45) is 3.04. The molecule has 5 atom stereocenters. The summed E-state index contributed by atoms with van der Waals surface area (Å²) >= 11 is 6.48. The number of aliphatic hydroxyl groups is 4. The van der Waals surface area contributed by atoms with Crippen LogP contribution in [0.5, 0.6) is 0 Å². The van der Waals surface area contributed by atoms with Crippen LogP contribution in [0.4, 0.5) is 0 Å². The van der Waals surface area contributed by atoms with Crippen LogP contribution >= 0.6 is 11.6 Å². The van der Waals surface area contributed by atoms with E-state index >= 15 is 0 Å². The summed E-state index contributed by atoms with van der Waals surface area (Å²) in [5.74, 6) is 0.690. The fourth-order valence-corrected chi connectivity index (χ4v) is 6.35. The first-order valence-corrected chi connectivity index (χ1v) is 12.4. The van der Waals surface area contributed by atoms with Crippen molar-refractivity contribution < 1.29 is 25.2 Å². The second kappa shape index (κ2) is 9.29. The lowest BCUT2D eigenvalue weighted by Gasteiger charge is -2.46. The molecule has 1 saturated heterocycles. The van der Waals surface area contributed by atoms with Gasteiger partial charge in [0, 0.05) is 5.02 Å². The molecule has 5 nitrogen and oxygen atoms in total. The molecule has 1 aliphatic heterocycles. The molecule has 0 amide bonds. The molecule has 3 fully saturated rings. The van der Waals surface area contributed by atoms with Crippen LogP contribution < -0.4 is 0 Å². The maximum atomic E-state index is 10.5. The van der Waals surface area contributed by atoms with E-state index in [1.165, 1.54) is 44.1 Å². The highest BCUT2D eigenvalue weighted by atomic mass is 35.5. The lowest BCUT2D eigenvalue weighted by atomic mass is 9.59. The Morgan fingerprint density at radius 2 is 1.55 bits per heavy atom. The van der Waals surface area contributed by atoms with Gasteiger partial charge in [-0.2, -0.15) is 0 Å². The summed E-state index contributed by atoms with van der Waals surface area (Å²) in [5, 5.41) is 40.7. The second-order valence-corrected chi connectivity index (χ2v) is 10.7. The number of hydrogen-bond acceptors (Lipinski definition) is 5. The van der Waals surface area contributed by atoms with Gasteiger partial charge in [0.2, 0.25) is 0 Å². The van der Waals surface area contributed by atoms with Gasteiger partial charge in [0.25, 0.3) is 0 Å². The molecule has 0 radical (unpaired) electrons. The molecule has 0 aromatic heterocycles. The Labute approximate surface area is 200 Å².